The van der Waals surface area contributed by atoms with E-state index in [0.29, 0.717) is 25.6 Å². The number of aliphatic hydroxyl groups excluding tert-OH is 1. The summed E-state index contributed by atoms with van der Waals surface area (Å²) in [4.78, 5) is 26.4. The predicted octanol–water partition coefficient (Wildman–Crippen LogP) is 13.7. The molecule has 1 N–H and O–H groups in total. The van der Waals surface area contributed by atoms with Crippen LogP contribution < -0.4 is 0 Å². The number of hydrogen-bond donors (Lipinski definition) is 1. The summed E-state index contributed by atoms with van der Waals surface area (Å²) in [6.45, 7) is 26.3. The third-order valence-electron chi connectivity index (χ3n) is 15.3. The van der Waals surface area contributed by atoms with E-state index in [1.165, 1.54) is 199 Å². The van der Waals surface area contributed by atoms with Crippen LogP contribution in [0, 0.1) is 5.92 Å². The van der Waals surface area contributed by atoms with Crippen LogP contribution in [0.5, 0.6) is 0 Å². The summed E-state index contributed by atoms with van der Waals surface area (Å²) in [5.41, 5.74) is 0. The van der Waals surface area contributed by atoms with Crippen LogP contribution in [0.15, 0.2) is 0 Å². The first-order valence-corrected chi connectivity index (χ1v) is 30.0. The van der Waals surface area contributed by atoms with Crippen molar-refractivity contribution in [2.75, 3.05) is 91.8 Å². The van der Waals surface area contributed by atoms with Gasteiger partial charge in [-0.3, -0.25) is 19.5 Å². The Kier molecular flexibility index (Phi) is 40.9. The fraction of sp³-hybridized carbons (Fsp3) is 0.983. The molecule has 2 fully saturated rings. The van der Waals surface area contributed by atoms with Crippen molar-refractivity contribution in [2.24, 2.45) is 5.92 Å². The first-order valence-electron chi connectivity index (χ1n) is 30.0. The fourth-order valence-electron chi connectivity index (χ4n) is 10.4. The van der Waals surface area contributed by atoms with Gasteiger partial charge in [-0.25, -0.2) is 0 Å². The lowest BCUT2D eigenvalue weighted by Gasteiger charge is -2.41. The average Bonchev–Trinajstić information content (AvgIpc) is 3.33. The number of piperazine rings is 1. The molecule has 1 amide bonds. The van der Waals surface area contributed by atoms with Gasteiger partial charge < -0.3 is 24.4 Å². The highest BCUT2D eigenvalue weighted by Gasteiger charge is 2.34. The Labute approximate surface area is 418 Å². The summed E-state index contributed by atoms with van der Waals surface area (Å²) >= 11 is 0. The van der Waals surface area contributed by atoms with Crippen LogP contribution in [0.1, 0.15) is 253 Å². The fourth-order valence-corrected chi connectivity index (χ4v) is 10.4. The van der Waals surface area contributed by atoms with Crippen molar-refractivity contribution in [1.82, 2.24) is 24.5 Å². The summed E-state index contributed by atoms with van der Waals surface area (Å²) in [6, 6.07) is -0.127. The second kappa shape index (κ2) is 43.9. The molecule has 0 aromatic rings. The first kappa shape index (κ1) is 62.3. The maximum atomic E-state index is 14.2. The normalized spacial score (nSPS) is 17.9. The number of amides is 1. The SMILES string of the molecule is CCCCCCCCCN(CCCCCCCCC)CCN(CCCCCCCCC)CC(O)N1CCN(C(=O)C(C)N(CCCCCCCCC)CCCC2COC2OCCCCC)CC1. The molecule has 2 aliphatic rings. The molecule has 0 spiro atoms. The summed E-state index contributed by atoms with van der Waals surface area (Å²) in [5, 5.41) is 11.8. The Morgan fingerprint density at radius 3 is 1.39 bits per heavy atom. The second-order valence-corrected chi connectivity index (χ2v) is 21.4. The number of rotatable bonds is 49. The van der Waals surface area contributed by atoms with E-state index in [2.05, 4.69) is 66.0 Å². The van der Waals surface area contributed by atoms with E-state index in [-0.39, 0.29) is 18.2 Å². The monoisotopic (exact) mass is 948 g/mol. The van der Waals surface area contributed by atoms with E-state index in [9.17, 15) is 9.90 Å². The molecular weight excluding hydrogens is 831 g/mol. The maximum Gasteiger partial charge on any atom is 0.239 e. The van der Waals surface area contributed by atoms with Crippen molar-refractivity contribution in [1.29, 1.82) is 0 Å². The highest BCUT2D eigenvalue weighted by molar-refractivity contribution is 5.81. The quantitative estimate of drug-likeness (QED) is 0.0605. The van der Waals surface area contributed by atoms with Crippen LogP contribution in [0.4, 0.5) is 0 Å². The third kappa shape index (κ3) is 31.3. The minimum absolute atomic E-state index is 0.0411. The number of ether oxygens (including phenoxy) is 2. The van der Waals surface area contributed by atoms with Crippen molar-refractivity contribution in [2.45, 2.75) is 272 Å². The van der Waals surface area contributed by atoms with Crippen LogP contribution in [0.25, 0.3) is 0 Å². The summed E-state index contributed by atoms with van der Waals surface area (Å²) in [6.07, 6.45) is 42.4. The van der Waals surface area contributed by atoms with Gasteiger partial charge in [0.15, 0.2) is 6.29 Å². The summed E-state index contributed by atoms with van der Waals surface area (Å²) in [7, 11) is 0. The largest absolute Gasteiger partial charge is 0.377 e. The smallest absolute Gasteiger partial charge is 0.239 e. The molecule has 0 saturated carbocycles. The molecule has 2 rings (SSSR count). The van der Waals surface area contributed by atoms with Crippen molar-refractivity contribution in [3.05, 3.63) is 0 Å². The Morgan fingerprint density at radius 2 is 0.925 bits per heavy atom. The van der Waals surface area contributed by atoms with E-state index in [0.717, 1.165) is 84.7 Å². The zero-order valence-corrected chi connectivity index (χ0v) is 46.0. The first-order chi connectivity index (χ1) is 32.9. The number of nitrogens with zero attached hydrogens (tertiary/aromatic N) is 5. The Bertz CT molecular complexity index is 1060. The van der Waals surface area contributed by atoms with E-state index < -0.39 is 6.23 Å². The van der Waals surface area contributed by atoms with Crippen molar-refractivity contribution in [3.8, 4) is 0 Å². The van der Waals surface area contributed by atoms with E-state index >= 15 is 0 Å². The highest BCUT2D eigenvalue weighted by Crippen LogP contribution is 2.27. The minimum atomic E-state index is -0.498. The van der Waals surface area contributed by atoms with Gasteiger partial charge in [-0.05, 0) is 84.6 Å². The molecule has 2 saturated heterocycles. The van der Waals surface area contributed by atoms with Gasteiger partial charge in [0.05, 0.1) is 12.6 Å². The van der Waals surface area contributed by atoms with Crippen LogP contribution in [0.3, 0.4) is 0 Å². The van der Waals surface area contributed by atoms with Gasteiger partial charge in [0.25, 0.3) is 0 Å². The van der Waals surface area contributed by atoms with Gasteiger partial charge in [0.1, 0.15) is 6.23 Å². The molecule has 9 nitrogen and oxygen atoms in total. The Balaban J connectivity index is 1.97. The highest BCUT2D eigenvalue weighted by atomic mass is 16.7. The maximum absolute atomic E-state index is 14.2. The Hall–Kier alpha value is -0.810. The molecule has 67 heavy (non-hydrogen) atoms. The van der Waals surface area contributed by atoms with Gasteiger partial charge in [0.2, 0.25) is 5.91 Å². The molecule has 0 bridgehead atoms. The third-order valence-corrected chi connectivity index (χ3v) is 15.3. The molecule has 0 aliphatic carbocycles. The zero-order chi connectivity index (χ0) is 48.4. The van der Waals surface area contributed by atoms with Crippen LogP contribution in [-0.2, 0) is 14.3 Å². The second-order valence-electron chi connectivity index (χ2n) is 21.4. The van der Waals surface area contributed by atoms with Gasteiger partial charge in [-0.2, -0.15) is 0 Å². The lowest BCUT2D eigenvalue weighted by molar-refractivity contribution is -0.260. The zero-order valence-electron chi connectivity index (χ0n) is 46.0. The molecule has 4 atom stereocenters. The average molecular weight is 949 g/mol. The van der Waals surface area contributed by atoms with Crippen LogP contribution in [0.2, 0.25) is 0 Å². The molecular formula is C58H117N5O4. The minimum Gasteiger partial charge on any atom is -0.377 e. The molecule has 9 heteroatoms. The van der Waals surface area contributed by atoms with E-state index in [4.69, 9.17) is 9.47 Å². The molecule has 0 aromatic heterocycles. The number of aliphatic hydroxyl groups is 1. The molecule has 0 aromatic carbocycles. The van der Waals surface area contributed by atoms with Gasteiger partial charge in [-0.15, -0.1) is 0 Å². The standard InChI is InChI=1S/C58H117N5O4/c1-7-12-17-21-25-29-33-40-59(41-34-30-26-22-18-13-8-2)45-46-60(42-35-31-27-23-19-14-9-3)52-56(64)62-47-49-63(50-48-62)57(65)54(6)61(43-36-32-28-24-20-15-10-4)44-38-39-55-53-67-58(55)66-51-37-16-11-5/h54-56,58,64H,7-53H2,1-6H3. The molecule has 2 heterocycles. The lowest BCUT2D eigenvalue weighted by atomic mass is 9.99. The molecule has 4 unspecified atom stereocenters. The molecule has 0 radical (unpaired) electrons. The van der Waals surface area contributed by atoms with Gasteiger partial charge >= 0.3 is 0 Å². The van der Waals surface area contributed by atoms with Crippen LogP contribution in [-0.4, -0.2) is 146 Å². The number of carbonyl (C=O) groups is 1. The van der Waals surface area contributed by atoms with Gasteiger partial charge in [0, 0.05) is 58.3 Å². The lowest BCUT2D eigenvalue weighted by Crippen LogP contribution is -2.57. The van der Waals surface area contributed by atoms with Crippen molar-refractivity contribution >= 4 is 5.91 Å². The number of unbranched alkanes of at least 4 members (excludes halogenated alkanes) is 26. The Morgan fingerprint density at radius 1 is 0.522 bits per heavy atom. The number of hydrogen-bond acceptors (Lipinski definition) is 8. The molecule has 2 aliphatic heterocycles. The van der Waals surface area contributed by atoms with Crippen molar-refractivity contribution in [3.63, 3.8) is 0 Å². The summed E-state index contributed by atoms with van der Waals surface area (Å²) < 4.78 is 11.9. The molecule has 398 valence electrons. The van der Waals surface area contributed by atoms with Crippen LogP contribution >= 0.6 is 0 Å². The van der Waals surface area contributed by atoms with E-state index in [1.54, 1.807) is 0 Å². The van der Waals surface area contributed by atoms with E-state index in [1.807, 2.05) is 0 Å². The topological polar surface area (TPSA) is 72.0 Å². The van der Waals surface area contributed by atoms with Gasteiger partial charge in [-0.1, -0.05) is 202 Å². The summed E-state index contributed by atoms with van der Waals surface area (Å²) in [5.74, 6) is 0.742. The predicted molar refractivity (Wildman–Crippen MR) is 288 cm³/mol. The van der Waals surface area contributed by atoms with Crippen molar-refractivity contribution < 1.29 is 19.4 Å². The number of carbonyl (C=O) groups excluding carboxylic acids is 1.